The molecule has 2 saturated heterocycles. The minimum Gasteiger partial charge on any atom is -0.466 e. The van der Waals surface area contributed by atoms with Crippen molar-refractivity contribution in [1.82, 2.24) is 14.6 Å². The molecule has 35 heavy (non-hydrogen) atoms. The number of piperidine rings is 1. The molecular formula is C23H24ClFN4O4S2. The number of nitrogens with one attached hydrogen (secondary N) is 1. The van der Waals surface area contributed by atoms with Gasteiger partial charge in [-0.2, -0.15) is 4.31 Å². The van der Waals surface area contributed by atoms with Crippen LogP contribution in [0, 0.1) is 11.7 Å². The maximum Gasteiger partial charge on any atom is 0.338 e. The molecule has 0 amide bonds. The van der Waals surface area contributed by atoms with Crippen molar-refractivity contribution in [2.24, 2.45) is 10.9 Å². The summed E-state index contributed by atoms with van der Waals surface area (Å²) in [6, 6.07) is 3.20. The fourth-order valence-electron chi connectivity index (χ4n) is 5.54. The minimum absolute atomic E-state index is 0.116. The van der Waals surface area contributed by atoms with Crippen LogP contribution in [-0.2, 0) is 19.6 Å². The van der Waals surface area contributed by atoms with Crippen LogP contribution in [0.1, 0.15) is 42.3 Å². The molecule has 3 aliphatic rings. The quantitative estimate of drug-likeness (QED) is 0.583. The Kier molecular flexibility index (Phi) is 6.45. The van der Waals surface area contributed by atoms with Gasteiger partial charge in [-0.1, -0.05) is 23.7 Å². The number of benzene rings is 1. The first-order valence-electron chi connectivity index (χ1n) is 11.2. The van der Waals surface area contributed by atoms with Crippen molar-refractivity contribution < 1.29 is 22.3 Å². The number of halogens is 2. The number of rotatable bonds is 5. The van der Waals surface area contributed by atoms with Crippen LogP contribution in [0.15, 0.2) is 46.0 Å². The number of aromatic nitrogens is 1. The highest BCUT2D eigenvalue weighted by atomic mass is 35.5. The molecule has 5 rings (SSSR count). The number of carbonyl (C=O) groups excluding carboxylic acids is 1. The lowest BCUT2D eigenvalue weighted by Crippen LogP contribution is -2.48. The molecule has 3 aliphatic heterocycles. The Morgan fingerprint density at radius 1 is 1.29 bits per heavy atom. The average Bonchev–Trinajstić information content (AvgIpc) is 3.46. The summed E-state index contributed by atoms with van der Waals surface area (Å²) in [6.07, 6.45) is 5.51. The molecule has 2 aromatic rings. The van der Waals surface area contributed by atoms with E-state index in [-0.39, 0.29) is 28.6 Å². The molecular weight excluding hydrogens is 515 g/mol. The molecule has 2 fully saturated rings. The van der Waals surface area contributed by atoms with Crippen LogP contribution in [-0.4, -0.2) is 55.0 Å². The predicted molar refractivity (Wildman–Crippen MR) is 131 cm³/mol. The van der Waals surface area contributed by atoms with Gasteiger partial charge in [0.05, 0.1) is 24.0 Å². The van der Waals surface area contributed by atoms with Crippen molar-refractivity contribution in [1.29, 1.82) is 0 Å². The Hall–Kier alpha value is -2.34. The molecule has 4 heterocycles. The third-order valence-electron chi connectivity index (χ3n) is 6.85. The normalized spacial score (nSPS) is 26.9. The lowest BCUT2D eigenvalue weighted by molar-refractivity contribution is -0.136. The lowest BCUT2D eigenvalue weighted by atomic mass is 9.83. The fraction of sp³-hybridized carbons (Fsp3) is 0.435. The third kappa shape index (κ3) is 4.39. The van der Waals surface area contributed by atoms with E-state index in [0.29, 0.717) is 34.9 Å². The minimum atomic E-state index is -3.35. The molecule has 1 aromatic heterocycles. The number of thiazole rings is 1. The van der Waals surface area contributed by atoms with Gasteiger partial charge < -0.3 is 10.1 Å². The van der Waals surface area contributed by atoms with Gasteiger partial charge in [-0.15, -0.1) is 11.3 Å². The molecule has 0 radical (unpaired) electrons. The predicted octanol–water partition coefficient (Wildman–Crippen LogP) is 3.66. The third-order valence-corrected chi connectivity index (χ3v) is 9.39. The highest BCUT2D eigenvalue weighted by molar-refractivity contribution is 7.88. The van der Waals surface area contributed by atoms with E-state index >= 15 is 0 Å². The summed E-state index contributed by atoms with van der Waals surface area (Å²) in [4.78, 5) is 22.2. The molecule has 8 nitrogen and oxygen atoms in total. The molecule has 3 atom stereocenters. The number of esters is 1. The molecule has 0 saturated carbocycles. The first-order chi connectivity index (χ1) is 16.7. The van der Waals surface area contributed by atoms with E-state index in [1.165, 1.54) is 36.8 Å². The first kappa shape index (κ1) is 24.4. The van der Waals surface area contributed by atoms with E-state index in [1.54, 1.807) is 16.6 Å². The van der Waals surface area contributed by atoms with Gasteiger partial charge in [0.1, 0.15) is 11.9 Å². The largest absolute Gasteiger partial charge is 0.466 e. The number of aliphatic imine (C=N–C) groups is 1. The average molecular weight is 539 g/mol. The van der Waals surface area contributed by atoms with Crippen molar-refractivity contribution in [3.05, 3.63) is 62.5 Å². The molecule has 3 unspecified atom stereocenters. The van der Waals surface area contributed by atoms with Crippen molar-refractivity contribution in [3.63, 3.8) is 0 Å². The number of ether oxygens (including phenoxy) is 1. The molecule has 1 aromatic carbocycles. The zero-order valence-corrected chi connectivity index (χ0v) is 21.5. The Labute approximate surface area is 211 Å². The van der Waals surface area contributed by atoms with Gasteiger partial charge >= 0.3 is 5.97 Å². The first-order valence-corrected chi connectivity index (χ1v) is 14.3. The van der Waals surface area contributed by atoms with Crippen LogP contribution in [0.4, 0.5) is 4.39 Å². The Morgan fingerprint density at radius 2 is 2.00 bits per heavy atom. The van der Waals surface area contributed by atoms with Crippen LogP contribution >= 0.6 is 22.9 Å². The van der Waals surface area contributed by atoms with Gasteiger partial charge in [-0.05, 0) is 31.7 Å². The van der Waals surface area contributed by atoms with E-state index in [2.05, 4.69) is 10.3 Å². The van der Waals surface area contributed by atoms with Crippen molar-refractivity contribution in [3.8, 4) is 0 Å². The fourth-order valence-corrected chi connectivity index (χ4v) is 7.82. The number of hydrogen-bond acceptors (Lipinski definition) is 8. The number of nitrogens with zero attached hydrogens (tertiary/aromatic N) is 3. The second kappa shape index (κ2) is 9.27. The van der Waals surface area contributed by atoms with Gasteiger partial charge in [-0.3, -0.25) is 4.99 Å². The van der Waals surface area contributed by atoms with Gasteiger partial charge in [0, 0.05) is 40.8 Å². The van der Waals surface area contributed by atoms with Crippen LogP contribution < -0.4 is 5.32 Å². The topological polar surface area (TPSA) is 101 Å². The highest BCUT2D eigenvalue weighted by Crippen LogP contribution is 2.46. The van der Waals surface area contributed by atoms with Gasteiger partial charge in [0.2, 0.25) is 10.0 Å². The maximum atomic E-state index is 14.4. The van der Waals surface area contributed by atoms with Crippen LogP contribution in [0.3, 0.4) is 0 Å². The summed E-state index contributed by atoms with van der Waals surface area (Å²) >= 11 is 7.72. The summed E-state index contributed by atoms with van der Waals surface area (Å²) in [7, 11) is -2.06. The molecule has 12 heteroatoms. The summed E-state index contributed by atoms with van der Waals surface area (Å²) in [5.41, 5.74) is 1.20. The molecule has 1 N–H and O–H groups in total. The summed E-state index contributed by atoms with van der Waals surface area (Å²) < 4.78 is 46.0. The number of methoxy groups -OCH3 is 1. The number of amidine groups is 1. The van der Waals surface area contributed by atoms with Gasteiger partial charge in [-0.25, -0.2) is 22.6 Å². The molecule has 186 valence electrons. The van der Waals surface area contributed by atoms with Crippen LogP contribution in [0.2, 0.25) is 5.02 Å². The van der Waals surface area contributed by atoms with E-state index in [9.17, 15) is 17.6 Å². The van der Waals surface area contributed by atoms with Gasteiger partial charge in [0.25, 0.3) is 0 Å². The molecule has 2 bridgehead atoms. The van der Waals surface area contributed by atoms with Crippen molar-refractivity contribution in [2.75, 3.05) is 13.4 Å². The molecule has 0 aliphatic carbocycles. The second-order valence-electron chi connectivity index (χ2n) is 8.95. The smallest absolute Gasteiger partial charge is 0.338 e. The highest BCUT2D eigenvalue weighted by Gasteiger charge is 2.48. The zero-order chi connectivity index (χ0) is 24.9. The van der Waals surface area contributed by atoms with E-state index in [0.717, 1.165) is 12.8 Å². The summed E-state index contributed by atoms with van der Waals surface area (Å²) in [5, 5.41) is 5.63. The number of carbonyl (C=O) groups is 1. The number of fused-ring (bicyclic) bond motifs is 2. The summed E-state index contributed by atoms with van der Waals surface area (Å²) in [5.74, 6) is -0.914. The van der Waals surface area contributed by atoms with E-state index in [4.69, 9.17) is 21.3 Å². The SMILES string of the molecule is COC(=O)C1=C(C2CC3CCC(C2)N3S(C)(=O)=O)NC(c2nccs2)=NC1c1cccc(F)c1Cl. The number of hydrogen-bond donors (Lipinski definition) is 1. The van der Waals surface area contributed by atoms with Crippen LogP contribution in [0.5, 0.6) is 0 Å². The van der Waals surface area contributed by atoms with Crippen molar-refractivity contribution in [2.45, 2.75) is 43.8 Å². The number of sulfonamides is 1. The van der Waals surface area contributed by atoms with Crippen LogP contribution in [0.25, 0.3) is 0 Å². The standard InChI is InChI=1S/C23H24ClFN4O4S2/c1-33-23(30)17-19(12-10-13-6-7-14(11-12)29(13)35(2,31)32)27-21(22-26-8-9-34-22)28-20(17)15-4-3-5-16(25)18(15)24/h3-5,8-9,12-14,20H,6-7,10-11H2,1-2H3,(H,27,28). The summed E-state index contributed by atoms with van der Waals surface area (Å²) in [6.45, 7) is 0. The number of allylic oxidation sites excluding steroid dienone is 1. The van der Waals surface area contributed by atoms with Crippen molar-refractivity contribution >= 4 is 44.8 Å². The Bertz CT molecular complexity index is 1310. The van der Waals surface area contributed by atoms with E-state index < -0.39 is 27.9 Å². The van der Waals surface area contributed by atoms with E-state index in [1.807, 2.05) is 5.38 Å². The second-order valence-corrected chi connectivity index (χ2v) is 12.1. The zero-order valence-electron chi connectivity index (χ0n) is 19.1. The lowest BCUT2D eigenvalue weighted by Gasteiger charge is -2.40. The van der Waals surface area contributed by atoms with Gasteiger partial charge in [0.15, 0.2) is 10.8 Å². The maximum absolute atomic E-state index is 14.4. The molecule has 0 spiro atoms. The Morgan fingerprint density at radius 3 is 2.60 bits per heavy atom. The monoisotopic (exact) mass is 538 g/mol. The Balaban J connectivity index is 1.64.